The van der Waals surface area contributed by atoms with Gasteiger partial charge in [0.25, 0.3) is 5.56 Å². The Bertz CT molecular complexity index is 1020. The van der Waals surface area contributed by atoms with Gasteiger partial charge in [0, 0.05) is 17.3 Å². The Morgan fingerprint density at radius 1 is 1.23 bits per heavy atom. The van der Waals surface area contributed by atoms with Crippen molar-refractivity contribution >= 4 is 11.7 Å². The van der Waals surface area contributed by atoms with Gasteiger partial charge in [0.1, 0.15) is 11.6 Å². The van der Waals surface area contributed by atoms with Crippen LogP contribution < -0.4 is 10.9 Å². The van der Waals surface area contributed by atoms with Crippen LogP contribution in [0.5, 0.6) is 0 Å². The van der Waals surface area contributed by atoms with Gasteiger partial charge in [-0.2, -0.15) is 9.78 Å². The fourth-order valence-electron chi connectivity index (χ4n) is 2.46. The second kappa shape index (κ2) is 6.91. The number of carbonyl (C=O) groups is 1. The molecule has 7 nitrogen and oxygen atoms in total. The summed E-state index contributed by atoms with van der Waals surface area (Å²) in [5.41, 5.74) is 2.19. The number of benzene rings is 1. The predicted octanol–water partition coefficient (Wildman–Crippen LogP) is 2.20. The minimum atomic E-state index is -0.354. The third kappa shape index (κ3) is 3.69. The van der Waals surface area contributed by atoms with Gasteiger partial charge in [-0.1, -0.05) is 12.1 Å². The number of nitrogens with one attached hydrogen (secondary N) is 2. The molecule has 134 valence electrons. The molecule has 3 rings (SSSR count). The standard InChI is InChI=1S/C18H18FN5O2/c1-10-8-15(21-16(25)9-13-4-6-14(19)7-5-13)24(23-10)18-20-12(3)11(2)17(26)22-18/h4-8H,9H2,1-3H3,(H,21,25)(H,20,22,26). The minimum Gasteiger partial charge on any atom is -0.310 e. The number of aromatic amines is 1. The van der Waals surface area contributed by atoms with Gasteiger partial charge in [-0.25, -0.2) is 9.37 Å². The number of H-pyrrole nitrogens is 1. The number of aromatic nitrogens is 4. The van der Waals surface area contributed by atoms with Crippen LogP contribution in [0.4, 0.5) is 10.2 Å². The van der Waals surface area contributed by atoms with E-state index in [1.54, 1.807) is 39.0 Å². The van der Waals surface area contributed by atoms with Crippen molar-refractivity contribution < 1.29 is 9.18 Å². The highest BCUT2D eigenvalue weighted by molar-refractivity contribution is 5.91. The maximum Gasteiger partial charge on any atom is 0.255 e. The highest BCUT2D eigenvalue weighted by atomic mass is 19.1. The molecule has 2 aromatic heterocycles. The van der Waals surface area contributed by atoms with E-state index in [4.69, 9.17) is 0 Å². The number of nitrogens with zero attached hydrogens (tertiary/aromatic N) is 3. The quantitative estimate of drug-likeness (QED) is 0.750. The molecule has 1 aromatic carbocycles. The Balaban J connectivity index is 1.86. The third-order valence-electron chi connectivity index (χ3n) is 3.96. The van der Waals surface area contributed by atoms with Crippen LogP contribution in [-0.4, -0.2) is 25.7 Å². The lowest BCUT2D eigenvalue weighted by molar-refractivity contribution is -0.115. The van der Waals surface area contributed by atoms with Crippen molar-refractivity contribution in [1.29, 1.82) is 0 Å². The summed E-state index contributed by atoms with van der Waals surface area (Å²) in [6, 6.07) is 7.40. The molecule has 0 radical (unpaired) electrons. The van der Waals surface area contributed by atoms with Gasteiger partial charge < -0.3 is 5.32 Å². The molecule has 26 heavy (non-hydrogen) atoms. The Morgan fingerprint density at radius 3 is 2.58 bits per heavy atom. The number of anilines is 1. The summed E-state index contributed by atoms with van der Waals surface area (Å²) in [5, 5.41) is 7.04. The minimum absolute atomic E-state index is 0.0847. The zero-order valence-electron chi connectivity index (χ0n) is 14.6. The average molecular weight is 355 g/mol. The lowest BCUT2D eigenvalue weighted by Gasteiger charge is -2.09. The van der Waals surface area contributed by atoms with Crippen LogP contribution in [-0.2, 0) is 11.2 Å². The highest BCUT2D eigenvalue weighted by Crippen LogP contribution is 2.15. The third-order valence-corrected chi connectivity index (χ3v) is 3.96. The molecule has 0 unspecified atom stereocenters. The monoisotopic (exact) mass is 355 g/mol. The predicted molar refractivity (Wildman–Crippen MR) is 94.9 cm³/mol. The van der Waals surface area contributed by atoms with Crippen LogP contribution in [0.2, 0.25) is 0 Å². The van der Waals surface area contributed by atoms with Crippen molar-refractivity contribution in [2.45, 2.75) is 27.2 Å². The molecule has 2 N–H and O–H groups in total. The number of halogens is 1. The van der Waals surface area contributed by atoms with Crippen LogP contribution in [0.15, 0.2) is 35.1 Å². The topological polar surface area (TPSA) is 92.7 Å². The van der Waals surface area contributed by atoms with E-state index < -0.39 is 0 Å². The molecule has 0 aliphatic carbocycles. The average Bonchev–Trinajstić information content (AvgIpc) is 2.94. The summed E-state index contributed by atoms with van der Waals surface area (Å²) < 4.78 is 14.3. The molecule has 0 saturated heterocycles. The lowest BCUT2D eigenvalue weighted by Crippen LogP contribution is -2.21. The molecular formula is C18H18FN5O2. The summed E-state index contributed by atoms with van der Waals surface area (Å²) in [7, 11) is 0. The maximum atomic E-state index is 13.0. The van der Waals surface area contributed by atoms with Gasteiger partial charge in [0.05, 0.1) is 12.1 Å². The molecule has 3 aromatic rings. The smallest absolute Gasteiger partial charge is 0.255 e. The van der Waals surface area contributed by atoms with Crippen molar-refractivity contribution in [3.05, 3.63) is 69.0 Å². The van der Waals surface area contributed by atoms with E-state index in [2.05, 4.69) is 20.4 Å². The van der Waals surface area contributed by atoms with Gasteiger partial charge in [-0.05, 0) is 38.5 Å². The van der Waals surface area contributed by atoms with Crippen LogP contribution in [0.3, 0.4) is 0 Å². The van der Waals surface area contributed by atoms with Crippen LogP contribution in [0, 0.1) is 26.6 Å². The molecule has 0 spiro atoms. The Labute approximate surface area is 148 Å². The van der Waals surface area contributed by atoms with E-state index in [0.717, 1.165) is 0 Å². The molecule has 2 heterocycles. The van der Waals surface area contributed by atoms with Crippen LogP contribution in [0.25, 0.3) is 5.95 Å². The largest absolute Gasteiger partial charge is 0.310 e. The number of hydrogen-bond acceptors (Lipinski definition) is 4. The van der Waals surface area contributed by atoms with Crippen molar-refractivity contribution in [2.75, 3.05) is 5.32 Å². The van der Waals surface area contributed by atoms with Gasteiger partial charge in [0.2, 0.25) is 11.9 Å². The summed E-state index contributed by atoms with van der Waals surface area (Å²) in [6.45, 7) is 5.19. The molecular weight excluding hydrogens is 337 g/mol. The van der Waals surface area contributed by atoms with Crippen LogP contribution >= 0.6 is 0 Å². The number of hydrogen-bond donors (Lipinski definition) is 2. The van der Waals surface area contributed by atoms with E-state index in [1.807, 2.05) is 0 Å². The van der Waals surface area contributed by atoms with Gasteiger partial charge in [0.15, 0.2) is 0 Å². The molecule has 0 aliphatic heterocycles. The molecule has 0 saturated carbocycles. The molecule has 0 aliphatic rings. The molecule has 1 amide bonds. The van der Waals surface area contributed by atoms with E-state index in [-0.39, 0.29) is 29.7 Å². The van der Waals surface area contributed by atoms with Crippen LogP contribution in [0.1, 0.15) is 22.5 Å². The van der Waals surface area contributed by atoms with E-state index in [9.17, 15) is 14.0 Å². The number of aryl methyl sites for hydroxylation is 2. The summed E-state index contributed by atoms with van der Waals surface area (Å²) in [6.07, 6.45) is 0.0847. The fraction of sp³-hybridized carbons (Fsp3) is 0.222. The molecule has 0 atom stereocenters. The second-order valence-corrected chi connectivity index (χ2v) is 6.03. The van der Waals surface area contributed by atoms with E-state index in [1.165, 1.54) is 16.8 Å². The first kappa shape index (κ1) is 17.5. The Hall–Kier alpha value is -3.29. The van der Waals surface area contributed by atoms with Crippen molar-refractivity contribution in [1.82, 2.24) is 19.7 Å². The molecule has 0 fully saturated rings. The van der Waals surface area contributed by atoms with Gasteiger partial charge >= 0.3 is 0 Å². The SMILES string of the molecule is Cc1cc(NC(=O)Cc2ccc(F)cc2)n(-c2nc(C)c(C)c(=O)[nH]2)n1. The fourth-order valence-corrected chi connectivity index (χ4v) is 2.46. The molecule has 8 heteroatoms. The maximum absolute atomic E-state index is 13.0. The Morgan fingerprint density at radius 2 is 1.92 bits per heavy atom. The number of amides is 1. The van der Waals surface area contributed by atoms with Crippen molar-refractivity contribution in [2.24, 2.45) is 0 Å². The zero-order valence-corrected chi connectivity index (χ0v) is 14.6. The zero-order chi connectivity index (χ0) is 18.8. The summed E-state index contributed by atoms with van der Waals surface area (Å²) in [4.78, 5) is 31.3. The molecule has 0 bridgehead atoms. The van der Waals surface area contributed by atoms with Gasteiger partial charge in [-0.15, -0.1) is 0 Å². The van der Waals surface area contributed by atoms with E-state index >= 15 is 0 Å². The number of rotatable bonds is 4. The van der Waals surface area contributed by atoms with Gasteiger partial charge in [-0.3, -0.25) is 14.6 Å². The first-order chi connectivity index (χ1) is 12.3. The van der Waals surface area contributed by atoms with Crippen molar-refractivity contribution in [3.8, 4) is 5.95 Å². The number of carbonyl (C=O) groups excluding carboxylic acids is 1. The first-order valence-electron chi connectivity index (χ1n) is 8.02. The second-order valence-electron chi connectivity index (χ2n) is 6.03. The normalized spacial score (nSPS) is 10.8. The Kier molecular flexibility index (Phi) is 4.66. The first-order valence-corrected chi connectivity index (χ1v) is 8.02. The summed E-state index contributed by atoms with van der Waals surface area (Å²) in [5.74, 6) is -0.0270. The lowest BCUT2D eigenvalue weighted by atomic mass is 10.1. The van der Waals surface area contributed by atoms with E-state index in [0.29, 0.717) is 28.3 Å². The summed E-state index contributed by atoms with van der Waals surface area (Å²) >= 11 is 0. The van der Waals surface area contributed by atoms with Crippen molar-refractivity contribution in [3.63, 3.8) is 0 Å². The highest BCUT2D eigenvalue weighted by Gasteiger charge is 2.14.